The van der Waals surface area contributed by atoms with Crippen molar-refractivity contribution in [1.29, 1.82) is 0 Å². The van der Waals surface area contributed by atoms with E-state index in [0.29, 0.717) is 0 Å². The highest BCUT2D eigenvalue weighted by molar-refractivity contribution is 7.91. The smallest absolute Gasteiger partial charge is 0.224 e. The maximum absolute atomic E-state index is 13.4. The zero-order chi connectivity index (χ0) is 19.7. The second kappa shape index (κ2) is 7.73. The van der Waals surface area contributed by atoms with Crippen LogP contribution in [-0.4, -0.2) is 32.9 Å². The molecule has 1 fully saturated rings. The van der Waals surface area contributed by atoms with Crippen molar-refractivity contribution < 1.29 is 16.8 Å². The van der Waals surface area contributed by atoms with Crippen molar-refractivity contribution >= 4 is 19.9 Å². The Hall–Kier alpha value is -1.70. The summed E-state index contributed by atoms with van der Waals surface area (Å²) in [4.78, 5) is 0.280. The van der Waals surface area contributed by atoms with Gasteiger partial charge in [-0.05, 0) is 56.0 Å². The van der Waals surface area contributed by atoms with Crippen molar-refractivity contribution in [2.75, 3.05) is 5.75 Å². The average molecular weight is 408 g/mol. The molecule has 0 aromatic heterocycles. The van der Waals surface area contributed by atoms with Crippen LogP contribution in [0.4, 0.5) is 0 Å². The molecule has 5 nitrogen and oxygen atoms in total. The minimum absolute atomic E-state index is 0.0155. The molecule has 1 heterocycles. The third-order valence-electron chi connectivity index (χ3n) is 5.16. The maximum atomic E-state index is 13.4. The highest BCUT2D eigenvalue weighted by Crippen LogP contribution is 2.38. The molecule has 2 aromatic rings. The Morgan fingerprint density at radius 1 is 0.889 bits per heavy atom. The Labute approximate surface area is 162 Å². The lowest BCUT2D eigenvalue weighted by Crippen LogP contribution is -2.44. The molecule has 0 N–H and O–H groups in total. The zero-order valence-electron chi connectivity index (χ0n) is 15.6. The summed E-state index contributed by atoms with van der Waals surface area (Å²) < 4.78 is 52.4. The Morgan fingerprint density at radius 3 is 2.07 bits per heavy atom. The molecular formula is C20H25NO4S2. The maximum Gasteiger partial charge on any atom is 0.243 e. The first kappa shape index (κ1) is 20.0. The number of rotatable bonds is 5. The molecule has 27 heavy (non-hydrogen) atoms. The zero-order valence-corrected chi connectivity index (χ0v) is 17.2. The molecule has 7 heteroatoms. The van der Waals surface area contributed by atoms with Crippen molar-refractivity contribution in [1.82, 2.24) is 4.31 Å². The van der Waals surface area contributed by atoms with Crippen molar-refractivity contribution in [3.05, 3.63) is 60.2 Å². The fourth-order valence-corrected chi connectivity index (χ4v) is 6.42. The van der Waals surface area contributed by atoms with Crippen molar-refractivity contribution in [2.45, 2.75) is 55.0 Å². The van der Waals surface area contributed by atoms with Gasteiger partial charge in [0.2, 0.25) is 10.0 Å². The van der Waals surface area contributed by atoms with E-state index in [-0.39, 0.29) is 27.6 Å². The van der Waals surface area contributed by atoms with Gasteiger partial charge in [-0.1, -0.05) is 37.3 Å². The van der Waals surface area contributed by atoms with Gasteiger partial charge in [-0.2, -0.15) is 4.31 Å². The Morgan fingerprint density at radius 2 is 1.48 bits per heavy atom. The quantitative estimate of drug-likeness (QED) is 0.756. The molecule has 0 saturated carbocycles. The molecule has 1 saturated heterocycles. The second-order valence-corrected chi connectivity index (χ2v) is 11.0. The lowest BCUT2D eigenvalue weighted by Gasteiger charge is -2.39. The Bertz CT molecular complexity index is 984. The van der Waals surface area contributed by atoms with E-state index in [1.165, 1.54) is 24.3 Å². The van der Waals surface area contributed by atoms with Crippen LogP contribution in [0.3, 0.4) is 0 Å². The second-order valence-electron chi connectivity index (χ2n) is 6.92. The summed E-state index contributed by atoms with van der Waals surface area (Å²) in [5.41, 5.74) is 0.984. The van der Waals surface area contributed by atoms with Gasteiger partial charge in [-0.15, -0.1) is 0 Å². The largest absolute Gasteiger partial charge is 0.243 e. The molecule has 1 aliphatic heterocycles. The van der Waals surface area contributed by atoms with Crippen molar-refractivity contribution in [3.63, 3.8) is 0 Å². The van der Waals surface area contributed by atoms with Crippen LogP contribution in [0, 0.1) is 0 Å². The molecule has 0 amide bonds. The van der Waals surface area contributed by atoms with Crippen LogP contribution in [0.15, 0.2) is 64.4 Å². The molecule has 0 spiro atoms. The topological polar surface area (TPSA) is 71.5 Å². The molecule has 2 aromatic carbocycles. The van der Waals surface area contributed by atoms with Gasteiger partial charge in [0.25, 0.3) is 0 Å². The molecular weight excluding hydrogens is 382 g/mol. The number of benzene rings is 2. The van der Waals surface area contributed by atoms with Gasteiger partial charge in [0, 0.05) is 6.04 Å². The van der Waals surface area contributed by atoms with E-state index in [2.05, 4.69) is 0 Å². The van der Waals surface area contributed by atoms with Crippen LogP contribution < -0.4 is 0 Å². The van der Waals surface area contributed by atoms with E-state index < -0.39 is 19.9 Å². The minimum atomic E-state index is -3.74. The van der Waals surface area contributed by atoms with Gasteiger partial charge in [0.05, 0.1) is 21.6 Å². The first-order valence-corrected chi connectivity index (χ1v) is 12.3. The van der Waals surface area contributed by atoms with Crippen LogP contribution in [0.1, 0.15) is 44.7 Å². The monoisotopic (exact) mass is 407 g/mol. The lowest BCUT2D eigenvalue weighted by molar-refractivity contribution is 0.193. The van der Waals surface area contributed by atoms with E-state index in [1.54, 1.807) is 11.2 Å². The van der Waals surface area contributed by atoms with E-state index in [9.17, 15) is 16.8 Å². The average Bonchev–Trinajstić information content (AvgIpc) is 2.68. The number of nitrogens with zero attached hydrogens (tertiary/aromatic N) is 1. The SMILES string of the molecule is CCS(=O)(=O)c1ccc(S(=O)(=O)N2[C@@H](c3ccccc3)CCC[C@@H]2C)cc1. The summed E-state index contributed by atoms with van der Waals surface area (Å²) in [6.45, 7) is 3.50. The summed E-state index contributed by atoms with van der Waals surface area (Å²) in [6, 6.07) is 14.9. The summed E-state index contributed by atoms with van der Waals surface area (Å²) in [5, 5.41) is 0. The molecule has 0 aliphatic carbocycles. The van der Waals surface area contributed by atoms with Gasteiger partial charge in [-0.3, -0.25) is 0 Å². The molecule has 3 rings (SSSR count). The first-order chi connectivity index (χ1) is 12.8. The lowest BCUT2D eigenvalue weighted by atomic mass is 9.94. The van der Waals surface area contributed by atoms with Crippen LogP contribution in [0.2, 0.25) is 0 Å². The number of piperidine rings is 1. The van der Waals surface area contributed by atoms with Gasteiger partial charge in [-0.25, -0.2) is 16.8 Å². The summed E-state index contributed by atoms with van der Waals surface area (Å²) >= 11 is 0. The summed E-state index contributed by atoms with van der Waals surface area (Å²) in [6.07, 6.45) is 2.56. The van der Waals surface area contributed by atoms with Gasteiger partial charge in [0.15, 0.2) is 9.84 Å². The molecule has 146 valence electrons. The highest BCUT2D eigenvalue weighted by Gasteiger charge is 2.38. The van der Waals surface area contributed by atoms with Crippen molar-refractivity contribution in [2.24, 2.45) is 0 Å². The minimum Gasteiger partial charge on any atom is -0.224 e. The van der Waals surface area contributed by atoms with Crippen LogP contribution in [0.5, 0.6) is 0 Å². The molecule has 0 unspecified atom stereocenters. The summed E-state index contributed by atoms with van der Waals surface area (Å²) in [7, 11) is -7.10. The predicted molar refractivity (Wildman–Crippen MR) is 106 cm³/mol. The van der Waals surface area contributed by atoms with Crippen LogP contribution in [-0.2, 0) is 19.9 Å². The first-order valence-electron chi connectivity index (χ1n) is 9.18. The standard InChI is InChI=1S/C20H25NO4S2/c1-3-26(22,23)18-12-14-19(15-13-18)27(24,25)21-16(2)8-7-11-20(21)17-9-5-4-6-10-17/h4-6,9-10,12-16,20H,3,7-8,11H2,1-2H3/t16-,20+/m0/s1. The number of sulfone groups is 1. The third-order valence-corrected chi connectivity index (χ3v) is 8.95. The highest BCUT2D eigenvalue weighted by atomic mass is 32.2. The van der Waals surface area contributed by atoms with Gasteiger partial charge < -0.3 is 0 Å². The van der Waals surface area contributed by atoms with E-state index in [1.807, 2.05) is 37.3 Å². The number of hydrogen-bond donors (Lipinski definition) is 0. The Kier molecular flexibility index (Phi) is 5.74. The summed E-state index contributed by atoms with van der Waals surface area (Å²) in [5.74, 6) is -0.0155. The number of hydrogen-bond acceptors (Lipinski definition) is 4. The third kappa shape index (κ3) is 3.95. The van der Waals surface area contributed by atoms with Crippen molar-refractivity contribution in [3.8, 4) is 0 Å². The van der Waals surface area contributed by atoms with Crippen LogP contribution >= 0.6 is 0 Å². The molecule has 0 radical (unpaired) electrons. The van der Waals surface area contributed by atoms with E-state index >= 15 is 0 Å². The Balaban J connectivity index is 2.01. The molecule has 0 bridgehead atoms. The number of sulfonamides is 1. The normalized spacial score (nSPS) is 21.9. The molecule has 2 atom stereocenters. The predicted octanol–water partition coefficient (Wildman–Crippen LogP) is 3.78. The fraction of sp³-hybridized carbons (Fsp3) is 0.400. The van der Waals surface area contributed by atoms with E-state index in [0.717, 1.165) is 24.8 Å². The van der Waals surface area contributed by atoms with E-state index in [4.69, 9.17) is 0 Å². The molecule has 1 aliphatic rings. The van der Waals surface area contributed by atoms with Gasteiger partial charge in [0.1, 0.15) is 0 Å². The fourth-order valence-electron chi connectivity index (χ4n) is 3.67. The van der Waals surface area contributed by atoms with Gasteiger partial charge >= 0.3 is 0 Å². The van der Waals surface area contributed by atoms with Crippen LogP contribution in [0.25, 0.3) is 0 Å².